The summed E-state index contributed by atoms with van der Waals surface area (Å²) < 4.78 is 0. The summed E-state index contributed by atoms with van der Waals surface area (Å²) in [6.07, 6.45) is 1.45. The quantitative estimate of drug-likeness (QED) is 0.266. The second kappa shape index (κ2) is 10.5. The van der Waals surface area contributed by atoms with Gasteiger partial charge in [0.1, 0.15) is 0 Å². The largest absolute Gasteiger partial charge is 0.294 e. The van der Waals surface area contributed by atoms with Gasteiger partial charge in [-0.2, -0.15) is 0 Å². The van der Waals surface area contributed by atoms with Crippen LogP contribution in [0.1, 0.15) is 51.5 Å². The van der Waals surface area contributed by atoms with Crippen molar-refractivity contribution in [2.24, 2.45) is 0 Å². The van der Waals surface area contributed by atoms with Crippen molar-refractivity contribution >= 4 is 11.6 Å². The number of carbonyl (C=O) groups excluding carboxylic acids is 2. The number of hydrogen-bond donors (Lipinski definition) is 0. The van der Waals surface area contributed by atoms with Gasteiger partial charge in [-0.25, -0.2) is 0 Å². The van der Waals surface area contributed by atoms with Gasteiger partial charge in [0.25, 0.3) is 0 Å². The average Bonchev–Trinajstić information content (AvgIpc) is 2.88. The maximum Gasteiger partial charge on any atom is 0.163 e. The lowest BCUT2D eigenvalue weighted by atomic mass is 9.86. The molecule has 0 radical (unpaired) electrons. The van der Waals surface area contributed by atoms with Crippen LogP contribution in [0.3, 0.4) is 0 Å². The van der Waals surface area contributed by atoms with Crippen molar-refractivity contribution in [1.29, 1.82) is 0 Å². The monoisotopic (exact) mass is 418 g/mol. The van der Waals surface area contributed by atoms with E-state index >= 15 is 0 Å². The third-order valence-electron chi connectivity index (χ3n) is 5.83. The maximum atomic E-state index is 12.9. The first kappa shape index (κ1) is 21.5. The van der Waals surface area contributed by atoms with Crippen molar-refractivity contribution in [3.63, 3.8) is 0 Å². The minimum Gasteiger partial charge on any atom is -0.294 e. The fraction of sp³-hybridized carbons (Fsp3) is 0.133. The van der Waals surface area contributed by atoms with E-state index in [1.807, 2.05) is 103 Å². The van der Waals surface area contributed by atoms with Crippen molar-refractivity contribution in [3.8, 4) is 11.1 Å². The molecule has 2 nitrogen and oxygen atoms in total. The molecule has 4 aromatic carbocycles. The van der Waals surface area contributed by atoms with E-state index in [0.29, 0.717) is 24.8 Å². The van der Waals surface area contributed by atoms with E-state index in [2.05, 4.69) is 12.1 Å². The van der Waals surface area contributed by atoms with Gasteiger partial charge in [-0.3, -0.25) is 9.59 Å². The van der Waals surface area contributed by atoms with Gasteiger partial charge < -0.3 is 0 Å². The summed E-state index contributed by atoms with van der Waals surface area (Å²) in [6.45, 7) is 0. The van der Waals surface area contributed by atoms with Crippen LogP contribution >= 0.6 is 0 Å². The number of hydrogen-bond acceptors (Lipinski definition) is 2. The smallest absolute Gasteiger partial charge is 0.163 e. The zero-order valence-electron chi connectivity index (χ0n) is 18.0. The van der Waals surface area contributed by atoms with Gasteiger partial charge in [0, 0.05) is 24.0 Å². The number of benzene rings is 4. The van der Waals surface area contributed by atoms with E-state index in [1.165, 1.54) is 0 Å². The third-order valence-corrected chi connectivity index (χ3v) is 5.83. The van der Waals surface area contributed by atoms with E-state index in [1.54, 1.807) is 0 Å². The van der Waals surface area contributed by atoms with Crippen molar-refractivity contribution in [2.45, 2.75) is 25.2 Å². The lowest BCUT2D eigenvalue weighted by Gasteiger charge is -2.17. The molecule has 0 aliphatic carbocycles. The van der Waals surface area contributed by atoms with Crippen LogP contribution in [0, 0.1) is 0 Å². The van der Waals surface area contributed by atoms with Crippen LogP contribution in [0.2, 0.25) is 0 Å². The van der Waals surface area contributed by atoms with Crippen LogP contribution in [0.4, 0.5) is 0 Å². The average molecular weight is 419 g/mol. The van der Waals surface area contributed by atoms with Crippen LogP contribution in [0.5, 0.6) is 0 Å². The maximum absolute atomic E-state index is 12.9. The molecule has 2 heteroatoms. The molecule has 0 aromatic heterocycles. The fourth-order valence-electron chi connectivity index (χ4n) is 4.01. The predicted octanol–water partition coefficient (Wildman–Crippen LogP) is 7.37. The topological polar surface area (TPSA) is 34.1 Å². The van der Waals surface area contributed by atoms with Crippen molar-refractivity contribution < 1.29 is 9.59 Å². The molecule has 0 saturated carbocycles. The Kier molecular flexibility index (Phi) is 7.04. The Labute approximate surface area is 189 Å². The van der Waals surface area contributed by atoms with E-state index < -0.39 is 0 Å². The minimum absolute atomic E-state index is 0.0106. The molecule has 158 valence electrons. The highest BCUT2D eigenvalue weighted by Gasteiger charge is 2.19. The van der Waals surface area contributed by atoms with E-state index in [9.17, 15) is 9.59 Å². The van der Waals surface area contributed by atoms with Crippen LogP contribution in [-0.2, 0) is 0 Å². The predicted molar refractivity (Wildman–Crippen MR) is 130 cm³/mol. The Bertz CT molecular complexity index is 1150. The molecular weight excluding hydrogens is 392 g/mol. The molecule has 0 aliphatic rings. The minimum atomic E-state index is 0.0106. The fourth-order valence-corrected chi connectivity index (χ4v) is 4.01. The van der Waals surface area contributed by atoms with Gasteiger partial charge in [-0.05, 0) is 29.0 Å². The summed E-state index contributed by atoms with van der Waals surface area (Å²) in [5.74, 6) is 0.230. The Morgan fingerprint density at radius 2 is 1.03 bits per heavy atom. The summed E-state index contributed by atoms with van der Waals surface area (Å²) in [5, 5.41) is 0. The van der Waals surface area contributed by atoms with Gasteiger partial charge in [0.05, 0.1) is 0 Å². The van der Waals surface area contributed by atoms with Gasteiger partial charge in [0.2, 0.25) is 0 Å². The molecule has 0 amide bonds. The Hall–Kier alpha value is -3.78. The molecule has 1 unspecified atom stereocenters. The van der Waals surface area contributed by atoms with Crippen molar-refractivity contribution in [1.82, 2.24) is 0 Å². The summed E-state index contributed by atoms with van der Waals surface area (Å²) >= 11 is 0. The standard InChI is InChI=1S/C30H26O2/c31-29(27-18-16-25(17-19-27)23-10-4-1-5-11-23)21-20-28(24-12-6-2-7-13-24)22-30(32)26-14-8-3-9-15-26/h1-19,28H,20-22H2. The summed E-state index contributed by atoms with van der Waals surface area (Å²) in [7, 11) is 0. The highest BCUT2D eigenvalue weighted by molar-refractivity contribution is 5.97. The second-order valence-electron chi connectivity index (χ2n) is 8.01. The molecule has 0 fully saturated rings. The summed E-state index contributed by atoms with van der Waals surface area (Å²) in [4.78, 5) is 25.7. The Balaban J connectivity index is 1.44. The molecule has 0 heterocycles. The van der Waals surface area contributed by atoms with E-state index in [-0.39, 0.29) is 17.5 Å². The van der Waals surface area contributed by atoms with Crippen LogP contribution in [-0.4, -0.2) is 11.6 Å². The summed E-state index contributed by atoms with van der Waals surface area (Å²) in [6, 6.07) is 37.3. The molecule has 0 N–H and O–H groups in total. The van der Waals surface area contributed by atoms with Crippen LogP contribution in [0.15, 0.2) is 115 Å². The number of rotatable bonds is 9. The number of carbonyl (C=O) groups is 2. The van der Waals surface area contributed by atoms with Crippen molar-refractivity contribution in [2.75, 3.05) is 0 Å². The molecule has 32 heavy (non-hydrogen) atoms. The Morgan fingerprint density at radius 1 is 0.531 bits per heavy atom. The van der Waals surface area contributed by atoms with E-state index in [0.717, 1.165) is 22.3 Å². The molecule has 0 aliphatic heterocycles. The van der Waals surface area contributed by atoms with E-state index in [4.69, 9.17) is 0 Å². The van der Waals surface area contributed by atoms with Crippen LogP contribution in [0.25, 0.3) is 11.1 Å². The number of ketones is 2. The third kappa shape index (κ3) is 5.47. The lowest BCUT2D eigenvalue weighted by Crippen LogP contribution is -2.10. The molecule has 0 saturated heterocycles. The SMILES string of the molecule is O=C(CCC(CC(=O)c1ccccc1)c1ccccc1)c1ccc(-c2ccccc2)cc1. The second-order valence-corrected chi connectivity index (χ2v) is 8.01. The molecule has 4 aromatic rings. The van der Waals surface area contributed by atoms with Gasteiger partial charge in [-0.15, -0.1) is 0 Å². The van der Waals surface area contributed by atoms with Gasteiger partial charge >= 0.3 is 0 Å². The highest BCUT2D eigenvalue weighted by atomic mass is 16.1. The van der Waals surface area contributed by atoms with Gasteiger partial charge in [-0.1, -0.05) is 115 Å². The zero-order valence-corrected chi connectivity index (χ0v) is 18.0. The Morgan fingerprint density at radius 3 is 1.66 bits per heavy atom. The molecule has 0 bridgehead atoms. The molecular formula is C30H26O2. The zero-order chi connectivity index (χ0) is 22.2. The molecule has 0 spiro atoms. The first-order valence-electron chi connectivity index (χ1n) is 11.0. The first-order chi connectivity index (χ1) is 15.7. The normalized spacial score (nSPS) is 11.6. The lowest BCUT2D eigenvalue weighted by molar-refractivity contribution is 0.0946. The highest BCUT2D eigenvalue weighted by Crippen LogP contribution is 2.28. The van der Waals surface area contributed by atoms with Crippen molar-refractivity contribution in [3.05, 3.63) is 132 Å². The first-order valence-corrected chi connectivity index (χ1v) is 11.0. The summed E-state index contributed by atoms with van der Waals surface area (Å²) in [5.41, 5.74) is 4.76. The molecule has 1 atom stereocenters. The number of Topliss-reactive ketones (excluding diaryl/α,β-unsaturated/α-hetero) is 2. The molecule has 4 rings (SSSR count). The van der Waals surface area contributed by atoms with Gasteiger partial charge in [0.15, 0.2) is 11.6 Å². The van der Waals surface area contributed by atoms with Crippen LogP contribution < -0.4 is 0 Å².